The van der Waals surface area contributed by atoms with Crippen molar-refractivity contribution in [2.75, 3.05) is 49.4 Å². The lowest BCUT2D eigenvalue weighted by atomic mass is 9.94. The van der Waals surface area contributed by atoms with Crippen LogP contribution in [0, 0.1) is 0 Å². The van der Waals surface area contributed by atoms with Gasteiger partial charge in [-0.2, -0.15) is 10.1 Å². The van der Waals surface area contributed by atoms with Crippen LogP contribution in [-0.4, -0.2) is 73.9 Å². The van der Waals surface area contributed by atoms with Crippen LogP contribution in [-0.2, 0) is 24.1 Å². The normalized spacial score (nSPS) is 22.4. The molecule has 0 aromatic carbocycles. The molecule has 0 radical (unpaired) electrons. The molecule has 1 unspecified atom stereocenters. The van der Waals surface area contributed by atoms with Crippen molar-refractivity contribution in [3.05, 3.63) is 24.0 Å². The van der Waals surface area contributed by atoms with Crippen LogP contribution < -0.4 is 10.2 Å². The van der Waals surface area contributed by atoms with Crippen LogP contribution in [0.5, 0.6) is 0 Å². The minimum atomic E-state index is -3.44. The smallest absolute Gasteiger partial charge is 0.230 e. The van der Waals surface area contributed by atoms with Crippen LogP contribution in [0.25, 0.3) is 0 Å². The van der Waals surface area contributed by atoms with Crippen molar-refractivity contribution in [2.24, 2.45) is 0 Å². The average molecular weight is 423 g/mol. The first-order chi connectivity index (χ1) is 13.9. The predicted octanol–water partition coefficient (Wildman–Crippen LogP) is 1.22. The molecular weight excluding hydrogens is 396 g/mol. The largest absolute Gasteiger partial charge is 0.381 e. The number of H-pyrrole nitrogens is 1. The van der Waals surface area contributed by atoms with E-state index >= 15 is 0 Å². The molecule has 2 saturated heterocycles. The van der Waals surface area contributed by atoms with Crippen molar-refractivity contribution in [1.29, 1.82) is 0 Å². The van der Waals surface area contributed by atoms with Gasteiger partial charge in [-0.05, 0) is 19.8 Å². The van der Waals surface area contributed by atoms with Gasteiger partial charge in [0, 0.05) is 38.1 Å². The third kappa shape index (κ3) is 3.94. The van der Waals surface area contributed by atoms with Gasteiger partial charge >= 0.3 is 0 Å². The monoisotopic (exact) mass is 422 g/mol. The molecule has 0 spiro atoms. The molecule has 2 aliphatic heterocycles. The Morgan fingerprint density at radius 2 is 2.03 bits per heavy atom. The van der Waals surface area contributed by atoms with E-state index in [1.807, 2.05) is 6.07 Å². The van der Waals surface area contributed by atoms with Gasteiger partial charge in [-0.25, -0.2) is 13.4 Å². The topological polar surface area (TPSA) is 122 Å². The van der Waals surface area contributed by atoms with Crippen LogP contribution in [0.4, 0.5) is 17.6 Å². The second kappa shape index (κ2) is 7.88. The third-order valence-corrected chi connectivity index (χ3v) is 7.64. The number of aromatic amines is 1. The molecule has 0 amide bonds. The zero-order valence-corrected chi connectivity index (χ0v) is 17.4. The van der Waals surface area contributed by atoms with Crippen molar-refractivity contribution >= 4 is 27.4 Å². The summed E-state index contributed by atoms with van der Waals surface area (Å²) in [6.07, 6.45) is 3.63. The number of nitrogens with one attached hydrogen (secondary N) is 2. The van der Waals surface area contributed by atoms with Crippen molar-refractivity contribution in [3.8, 4) is 0 Å². The molecule has 10 nitrogen and oxygen atoms in total. The van der Waals surface area contributed by atoms with Crippen LogP contribution >= 0.6 is 0 Å². The third-order valence-electron chi connectivity index (χ3n) is 5.60. The maximum Gasteiger partial charge on any atom is 0.230 e. The van der Waals surface area contributed by atoms with Crippen molar-refractivity contribution in [3.63, 3.8) is 0 Å². The fraction of sp³-hybridized carbons (Fsp3) is 0.611. The molecule has 11 heteroatoms. The number of nitrogens with zero attached hydrogens (tertiary/aromatic N) is 4. The zero-order valence-electron chi connectivity index (χ0n) is 16.6. The quantitative estimate of drug-likeness (QED) is 0.732. The molecule has 2 aliphatic rings. The Bertz CT molecular complexity index is 943. The van der Waals surface area contributed by atoms with Crippen molar-refractivity contribution in [2.45, 2.75) is 30.6 Å². The van der Waals surface area contributed by atoms with Crippen LogP contribution in [0.1, 0.15) is 25.5 Å². The molecule has 0 saturated carbocycles. The second-order valence-corrected chi connectivity index (χ2v) is 9.85. The number of ether oxygens (including phenoxy) is 2. The standard InChI is InChI=1S/C18H26N6O4S/c1-13-12-28-10-7-24(13)16-11-14(18(29(2,25)26)4-8-27-9-5-18)20-17(22-16)21-15-3-6-19-23-15/h3,6,11,13H,4-5,7-10,12H2,1-2H3,(H2,19,20,21,22,23). The van der Waals surface area contributed by atoms with E-state index in [9.17, 15) is 8.42 Å². The predicted molar refractivity (Wildman–Crippen MR) is 108 cm³/mol. The summed E-state index contributed by atoms with van der Waals surface area (Å²) in [5.74, 6) is 1.64. The summed E-state index contributed by atoms with van der Waals surface area (Å²) in [6.45, 7) is 4.68. The Labute approximate surface area is 169 Å². The summed E-state index contributed by atoms with van der Waals surface area (Å²) < 4.78 is 35.7. The highest BCUT2D eigenvalue weighted by Crippen LogP contribution is 2.40. The van der Waals surface area contributed by atoms with Gasteiger partial charge in [0.15, 0.2) is 9.84 Å². The molecule has 2 fully saturated rings. The SMILES string of the molecule is CC1COCCN1c1cc(C2(S(C)(=O)=O)CCOCC2)nc(Nc2ccn[nH]2)n1. The Morgan fingerprint density at radius 1 is 1.24 bits per heavy atom. The fourth-order valence-corrected chi connectivity index (χ4v) is 5.30. The Kier molecular flexibility index (Phi) is 5.45. The molecule has 0 bridgehead atoms. The summed E-state index contributed by atoms with van der Waals surface area (Å²) in [7, 11) is -3.44. The number of rotatable bonds is 5. The minimum absolute atomic E-state index is 0.121. The second-order valence-electron chi connectivity index (χ2n) is 7.53. The van der Waals surface area contributed by atoms with Gasteiger partial charge in [0.25, 0.3) is 0 Å². The van der Waals surface area contributed by atoms with E-state index in [2.05, 4.69) is 37.3 Å². The van der Waals surface area contributed by atoms with Gasteiger partial charge in [0.05, 0.1) is 31.1 Å². The van der Waals surface area contributed by atoms with Gasteiger partial charge in [0.1, 0.15) is 16.4 Å². The number of hydrogen-bond acceptors (Lipinski definition) is 9. The molecule has 4 heterocycles. The van der Waals surface area contributed by atoms with Gasteiger partial charge in [-0.3, -0.25) is 5.10 Å². The maximum absolute atomic E-state index is 12.9. The number of morpholine rings is 1. The number of hydrogen-bond donors (Lipinski definition) is 2. The fourth-order valence-electron chi connectivity index (χ4n) is 3.90. The highest BCUT2D eigenvalue weighted by atomic mass is 32.2. The molecule has 158 valence electrons. The van der Waals surface area contributed by atoms with E-state index in [-0.39, 0.29) is 6.04 Å². The van der Waals surface area contributed by atoms with E-state index in [4.69, 9.17) is 9.47 Å². The zero-order chi connectivity index (χ0) is 20.5. The van der Waals surface area contributed by atoms with Crippen LogP contribution in [0.2, 0.25) is 0 Å². The molecule has 0 aliphatic carbocycles. The molecule has 2 aromatic rings. The summed E-state index contributed by atoms with van der Waals surface area (Å²) in [4.78, 5) is 11.4. The Balaban J connectivity index is 1.82. The van der Waals surface area contributed by atoms with Gasteiger partial charge in [-0.1, -0.05) is 0 Å². The Hall–Kier alpha value is -2.24. The summed E-state index contributed by atoms with van der Waals surface area (Å²) in [6, 6.07) is 3.69. The first-order valence-electron chi connectivity index (χ1n) is 9.67. The van der Waals surface area contributed by atoms with E-state index < -0.39 is 14.6 Å². The highest BCUT2D eigenvalue weighted by Gasteiger charge is 2.46. The lowest BCUT2D eigenvalue weighted by molar-refractivity contribution is 0.0731. The van der Waals surface area contributed by atoms with E-state index in [0.29, 0.717) is 69.1 Å². The van der Waals surface area contributed by atoms with E-state index in [1.165, 1.54) is 6.26 Å². The lowest BCUT2D eigenvalue weighted by Crippen LogP contribution is -2.45. The molecular formula is C18H26N6O4S. The first kappa shape index (κ1) is 20.0. The van der Waals surface area contributed by atoms with Gasteiger partial charge < -0.3 is 19.7 Å². The van der Waals surface area contributed by atoms with Crippen LogP contribution in [0.15, 0.2) is 18.3 Å². The highest BCUT2D eigenvalue weighted by molar-refractivity contribution is 7.91. The molecule has 2 aromatic heterocycles. The number of aromatic nitrogens is 4. The molecule has 2 N–H and O–H groups in total. The molecule has 29 heavy (non-hydrogen) atoms. The summed E-state index contributed by atoms with van der Waals surface area (Å²) in [5.41, 5.74) is 0.494. The van der Waals surface area contributed by atoms with Gasteiger partial charge in [0.2, 0.25) is 5.95 Å². The average Bonchev–Trinajstić information content (AvgIpc) is 3.21. The minimum Gasteiger partial charge on any atom is -0.381 e. The van der Waals surface area contributed by atoms with Crippen molar-refractivity contribution in [1.82, 2.24) is 20.2 Å². The number of anilines is 3. The number of sulfone groups is 1. The summed E-state index contributed by atoms with van der Waals surface area (Å²) in [5, 5.41) is 9.85. The molecule has 4 rings (SSSR count). The lowest BCUT2D eigenvalue weighted by Gasteiger charge is -2.37. The molecule has 1 atom stereocenters. The van der Waals surface area contributed by atoms with Crippen molar-refractivity contribution < 1.29 is 17.9 Å². The van der Waals surface area contributed by atoms with E-state index in [0.717, 1.165) is 0 Å². The van der Waals surface area contributed by atoms with Crippen LogP contribution in [0.3, 0.4) is 0 Å². The van der Waals surface area contributed by atoms with Gasteiger partial charge in [-0.15, -0.1) is 0 Å². The maximum atomic E-state index is 12.9. The first-order valence-corrected chi connectivity index (χ1v) is 11.6. The Morgan fingerprint density at radius 3 is 2.69 bits per heavy atom. The van der Waals surface area contributed by atoms with E-state index in [1.54, 1.807) is 12.3 Å². The summed E-state index contributed by atoms with van der Waals surface area (Å²) >= 11 is 0.